The first-order valence-electron chi connectivity index (χ1n) is 6.21. The van der Waals surface area contributed by atoms with Crippen LogP contribution in [-0.2, 0) is 6.42 Å². The van der Waals surface area contributed by atoms with E-state index in [2.05, 4.69) is 0 Å². The smallest absolute Gasteiger partial charge is 0.318 e. The van der Waals surface area contributed by atoms with E-state index in [9.17, 15) is 20.2 Å². The van der Waals surface area contributed by atoms with Crippen molar-refractivity contribution in [3.8, 4) is 11.5 Å². The van der Waals surface area contributed by atoms with Gasteiger partial charge in [-0.05, 0) is 30.2 Å². The lowest BCUT2D eigenvalue weighted by atomic mass is 10.2. The van der Waals surface area contributed by atoms with Crippen LogP contribution in [0.2, 0.25) is 0 Å². The number of hydrogen-bond donors (Lipinski definition) is 0. The summed E-state index contributed by atoms with van der Waals surface area (Å²) in [4.78, 5) is 20.3. The third-order valence-corrected chi connectivity index (χ3v) is 2.91. The quantitative estimate of drug-likeness (QED) is 0.614. The van der Waals surface area contributed by atoms with Crippen molar-refractivity contribution in [2.45, 2.75) is 13.3 Å². The molecule has 2 rings (SSSR count). The molecule has 2 aromatic rings. The van der Waals surface area contributed by atoms with Gasteiger partial charge < -0.3 is 4.74 Å². The molecule has 0 aliphatic rings. The molecule has 0 aliphatic carbocycles. The molecule has 0 radical (unpaired) electrons. The Kier molecular flexibility index (Phi) is 4.13. The van der Waals surface area contributed by atoms with Crippen LogP contribution in [0, 0.1) is 20.2 Å². The number of rotatable bonds is 5. The molecule has 0 unspecified atom stereocenters. The lowest BCUT2D eigenvalue weighted by Gasteiger charge is -2.06. The number of aryl methyl sites for hydroxylation is 1. The van der Waals surface area contributed by atoms with Gasteiger partial charge in [-0.25, -0.2) is 0 Å². The standard InChI is InChI=1S/C14H12N2O5/c1-2-10-3-6-12(7-4-10)21-14-8-5-11(15(17)18)9-13(14)16(19)20/h3-9H,2H2,1H3. The summed E-state index contributed by atoms with van der Waals surface area (Å²) in [6.07, 6.45) is 0.873. The Morgan fingerprint density at radius 3 is 2.19 bits per heavy atom. The second-order valence-corrected chi connectivity index (χ2v) is 4.27. The highest BCUT2D eigenvalue weighted by Crippen LogP contribution is 2.34. The summed E-state index contributed by atoms with van der Waals surface area (Å²) in [6, 6.07) is 10.4. The Labute approximate surface area is 120 Å². The van der Waals surface area contributed by atoms with Gasteiger partial charge in [-0.15, -0.1) is 0 Å². The number of non-ortho nitro benzene ring substituents is 1. The molecule has 0 atom stereocenters. The Balaban J connectivity index is 2.34. The molecular formula is C14H12N2O5. The first kappa shape index (κ1) is 14.4. The van der Waals surface area contributed by atoms with Gasteiger partial charge in [0.15, 0.2) is 0 Å². The maximum absolute atomic E-state index is 11.0. The summed E-state index contributed by atoms with van der Waals surface area (Å²) in [5, 5.41) is 21.6. The Bertz CT molecular complexity index is 682. The highest BCUT2D eigenvalue weighted by atomic mass is 16.6. The fraction of sp³-hybridized carbons (Fsp3) is 0.143. The van der Waals surface area contributed by atoms with Crippen molar-refractivity contribution >= 4 is 11.4 Å². The van der Waals surface area contributed by atoms with Crippen LogP contribution in [0.15, 0.2) is 42.5 Å². The molecule has 0 aliphatic heterocycles. The normalized spacial score (nSPS) is 10.1. The molecule has 0 spiro atoms. The minimum absolute atomic E-state index is 0.0325. The number of hydrogen-bond acceptors (Lipinski definition) is 5. The first-order valence-corrected chi connectivity index (χ1v) is 6.21. The van der Waals surface area contributed by atoms with E-state index in [4.69, 9.17) is 4.74 Å². The van der Waals surface area contributed by atoms with Crippen LogP contribution >= 0.6 is 0 Å². The molecule has 0 aromatic heterocycles. The van der Waals surface area contributed by atoms with E-state index in [-0.39, 0.29) is 11.4 Å². The maximum atomic E-state index is 11.0. The highest BCUT2D eigenvalue weighted by Gasteiger charge is 2.21. The molecule has 2 aromatic carbocycles. The van der Waals surface area contributed by atoms with Gasteiger partial charge in [0.25, 0.3) is 5.69 Å². The van der Waals surface area contributed by atoms with Crippen molar-refractivity contribution in [3.05, 3.63) is 68.3 Å². The molecule has 0 bridgehead atoms. The average molecular weight is 288 g/mol. The van der Waals surface area contributed by atoms with Gasteiger partial charge in [-0.1, -0.05) is 19.1 Å². The van der Waals surface area contributed by atoms with Gasteiger partial charge in [0.05, 0.1) is 15.9 Å². The average Bonchev–Trinajstić information content (AvgIpc) is 2.48. The van der Waals surface area contributed by atoms with Gasteiger partial charge in [0.1, 0.15) is 5.75 Å². The summed E-state index contributed by atoms with van der Waals surface area (Å²) in [5.74, 6) is 0.402. The van der Waals surface area contributed by atoms with E-state index < -0.39 is 15.5 Å². The third kappa shape index (κ3) is 3.33. The fourth-order valence-corrected chi connectivity index (χ4v) is 1.77. The van der Waals surface area contributed by atoms with Crippen LogP contribution in [0.25, 0.3) is 0 Å². The highest BCUT2D eigenvalue weighted by molar-refractivity contribution is 5.54. The molecule has 21 heavy (non-hydrogen) atoms. The van der Waals surface area contributed by atoms with Gasteiger partial charge in [-0.2, -0.15) is 0 Å². The van der Waals surface area contributed by atoms with Gasteiger partial charge in [-0.3, -0.25) is 20.2 Å². The summed E-state index contributed by atoms with van der Waals surface area (Å²) in [5.41, 5.74) is 0.319. The molecule has 108 valence electrons. The molecule has 0 saturated carbocycles. The van der Waals surface area contributed by atoms with Crippen molar-refractivity contribution in [2.75, 3.05) is 0 Å². The van der Waals surface area contributed by atoms with Crippen LogP contribution in [0.4, 0.5) is 11.4 Å². The molecule has 7 heteroatoms. The first-order chi connectivity index (χ1) is 10.0. The van der Waals surface area contributed by atoms with Crippen LogP contribution in [0.1, 0.15) is 12.5 Å². The molecule has 0 N–H and O–H groups in total. The van der Waals surface area contributed by atoms with Crippen LogP contribution in [0.5, 0.6) is 11.5 Å². The lowest BCUT2D eigenvalue weighted by Crippen LogP contribution is -1.96. The summed E-state index contributed by atoms with van der Waals surface area (Å²) in [7, 11) is 0. The number of benzene rings is 2. The maximum Gasteiger partial charge on any atom is 0.318 e. The number of ether oxygens (including phenoxy) is 1. The fourth-order valence-electron chi connectivity index (χ4n) is 1.77. The predicted molar refractivity (Wildman–Crippen MR) is 75.6 cm³/mol. The summed E-state index contributed by atoms with van der Waals surface area (Å²) in [6.45, 7) is 2.01. The van der Waals surface area contributed by atoms with E-state index in [1.54, 1.807) is 12.1 Å². The van der Waals surface area contributed by atoms with Crippen LogP contribution in [-0.4, -0.2) is 9.85 Å². The second kappa shape index (κ2) is 6.00. The van der Waals surface area contributed by atoms with Gasteiger partial charge in [0, 0.05) is 6.07 Å². The topological polar surface area (TPSA) is 95.5 Å². The van der Waals surface area contributed by atoms with E-state index in [1.165, 1.54) is 12.1 Å². The zero-order valence-corrected chi connectivity index (χ0v) is 11.2. The molecule has 0 heterocycles. The molecule has 0 saturated heterocycles. The van der Waals surface area contributed by atoms with E-state index in [0.29, 0.717) is 5.75 Å². The monoisotopic (exact) mass is 288 g/mol. The minimum atomic E-state index is -0.706. The lowest BCUT2D eigenvalue weighted by molar-refractivity contribution is -0.394. The largest absolute Gasteiger partial charge is 0.450 e. The zero-order valence-electron chi connectivity index (χ0n) is 11.2. The third-order valence-electron chi connectivity index (χ3n) is 2.91. The molecular weight excluding hydrogens is 276 g/mol. The number of nitro groups is 2. The van der Waals surface area contributed by atoms with Crippen molar-refractivity contribution < 1.29 is 14.6 Å². The number of nitro benzene ring substituents is 2. The summed E-state index contributed by atoms with van der Waals surface area (Å²) < 4.78 is 5.44. The zero-order chi connectivity index (χ0) is 15.4. The van der Waals surface area contributed by atoms with E-state index in [1.807, 2.05) is 19.1 Å². The van der Waals surface area contributed by atoms with Crippen molar-refractivity contribution in [1.82, 2.24) is 0 Å². The Morgan fingerprint density at radius 1 is 1.00 bits per heavy atom. The van der Waals surface area contributed by atoms with Crippen LogP contribution < -0.4 is 4.74 Å². The van der Waals surface area contributed by atoms with Crippen molar-refractivity contribution in [3.63, 3.8) is 0 Å². The molecule has 0 fully saturated rings. The number of nitrogens with zero attached hydrogens (tertiary/aromatic N) is 2. The van der Waals surface area contributed by atoms with Crippen molar-refractivity contribution in [2.24, 2.45) is 0 Å². The SMILES string of the molecule is CCc1ccc(Oc2ccc([N+](=O)[O-])cc2[N+](=O)[O-])cc1. The van der Waals surface area contributed by atoms with Crippen LogP contribution in [0.3, 0.4) is 0 Å². The summed E-state index contributed by atoms with van der Waals surface area (Å²) >= 11 is 0. The predicted octanol–water partition coefficient (Wildman–Crippen LogP) is 3.86. The molecule has 0 amide bonds. The van der Waals surface area contributed by atoms with Gasteiger partial charge in [0.2, 0.25) is 5.75 Å². The second-order valence-electron chi connectivity index (χ2n) is 4.27. The molecule has 7 nitrogen and oxygen atoms in total. The Morgan fingerprint density at radius 2 is 1.67 bits per heavy atom. The van der Waals surface area contributed by atoms with E-state index in [0.717, 1.165) is 18.1 Å². The van der Waals surface area contributed by atoms with E-state index >= 15 is 0 Å². The van der Waals surface area contributed by atoms with Crippen molar-refractivity contribution in [1.29, 1.82) is 0 Å². The van der Waals surface area contributed by atoms with Gasteiger partial charge >= 0.3 is 5.69 Å². The Hall–Kier alpha value is -2.96. The minimum Gasteiger partial charge on any atom is -0.450 e.